The van der Waals surface area contributed by atoms with Gasteiger partial charge in [0.1, 0.15) is 6.61 Å². The number of hydrogen-bond donors (Lipinski definition) is 1. The molecule has 0 saturated heterocycles. The Bertz CT molecular complexity index is 1090. The molecule has 0 aromatic carbocycles. The van der Waals surface area contributed by atoms with Crippen molar-refractivity contribution in [1.82, 2.24) is 0 Å². The van der Waals surface area contributed by atoms with Gasteiger partial charge in [0, 0.05) is 6.42 Å². The number of esters is 2. The number of allylic oxidation sites excluding steroid dienone is 9. The molecule has 0 aromatic heterocycles. The van der Waals surface area contributed by atoms with Crippen molar-refractivity contribution in [1.29, 1.82) is 0 Å². The van der Waals surface area contributed by atoms with Crippen LogP contribution in [-0.2, 0) is 19.1 Å². The van der Waals surface area contributed by atoms with Crippen molar-refractivity contribution in [2.75, 3.05) is 13.2 Å². The molecule has 1 N–H and O–H groups in total. The summed E-state index contributed by atoms with van der Waals surface area (Å²) in [5.74, 6) is -0.730. The second kappa shape index (κ2) is 53.9. The molecule has 0 aliphatic rings. The first-order valence-electron chi connectivity index (χ1n) is 27.3. The van der Waals surface area contributed by atoms with E-state index < -0.39 is 12.1 Å². The van der Waals surface area contributed by atoms with Gasteiger partial charge >= 0.3 is 11.9 Å². The van der Waals surface area contributed by atoms with Crippen molar-refractivity contribution in [2.24, 2.45) is 0 Å². The zero-order valence-electron chi connectivity index (χ0n) is 41.8. The molecule has 1 atom stereocenters. The number of aliphatic hydroxyl groups excluding tert-OH is 1. The summed E-state index contributed by atoms with van der Waals surface area (Å²) in [7, 11) is 0. The fraction of sp³-hybridized carbons (Fsp3) is 0.793. The van der Waals surface area contributed by atoms with E-state index in [1.54, 1.807) is 6.08 Å². The molecular formula is C58H104O5. The molecule has 0 amide bonds. The first-order valence-corrected chi connectivity index (χ1v) is 27.3. The van der Waals surface area contributed by atoms with Gasteiger partial charge in [0.25, 0.3) is 0 Å². The van der Waals surface area contributed by atoms with Gasteiger partial charge in [0.2, 0.25) is 0 Å². The Morgan fingerprint density at radius 3 is 0.968 bits per heavy atom. The molecule has 63 heavy (non-hydrogen) atoms. The highest BCUT2D eigenvalue weighted by Gasteiger charge is 2.15. The number of rotatable bonds is 50. The van der Waals surface area contributed by atoms with E-state index >= 15 is 0 Å². The molecule has 5 heteroatoms. The van der Waals surface area contributed by atoms with Gasteiger partial charge in [0.15, 0.2) is 6.10 Å². The van der Waals surface area contributed by atoms with Crippen LogP contribution in [0, 0.1) is 0 Å². The summed E-state index contributed by atoms with van der Waals surface area (Å²) in [5.41, 5.74) is 0. The maximum Gasteiger partial charge on any atom is 0.310 e. The zero-order chi connectivity index (χ0) is 45.6. The van der Waals surface area contributed by atoms with Crippen LogP contribution in [-0.4, -0.2) is 36.4 Å². The molecule has 1 unspecified atom stereocenters. The monoisotopic (exact) mass is 881 g/mol. The molecule has 0 heterocycles. The van der Waals surface area contributed by atoms with E-state index in [1.807, 2.05) is 6.08 Å². The minimum atomic E-state index is -0.827. The van der Waals surface area contributed by atoms with Crippen LogP contribution in [0.2, 0.25) is 0 Å². The third kappa shape index (κ3) is 52.1. The van der Waals surface area contributed by atoms with E-state index in [1.165, 1.54) is 199 Å². The van der Waals surface area contributed by atoms with E-state index in [-0.39, 0.29) is 25.6 Å². The largest absolute Gasteiger partial charge is 0.462 e. The topological polar surface area (TPSA) is 72.8 Å². The minimum Gasteiger partial charge on any atom is -0.462 e. The molecule has 0 spiro atoms. The second-order valence-electron chi connectivity index (χ2n) is 18.3. The highest BCUT2D eigenvalue weighted by molar-refractivity contribution is 5.71. The molecule has 0 bridgehead atoms. The van der Waals surface area contributed by atoms with Crippen LogP contribution in [0.3, 0.4) is 0 Å². The fourth-order valence-electron chi connectivity index (χ4n) is 8.05. The first kappa shape index (κ1) is 60.6. The molecule has 0 aliphatic carbocycles. The van der Waals surface area contributed by atoms with Crippen molar-refractivity contribution in [3.05, 3.63) is 60.8 Å². The average Bonchev–Trinajstić information content (AvgIpc) is 3.29. The van der Waals surface area contributed by atoms with Gasteiger partial charge < -0.3 is 14.6 Å². The maximum absolute atomic E-state index is 12.2. The third-order valence-corrected chi connectivity index (χ3v) is 12.1. The molecular weight excluding hydrogens is 777 g/mol. The van der Waals surface area contributed by atoms with Crippen LogP contribution in [0.15, 0.2) is 60.8 Å². The predicted molar refractivity (Wildman–Crippen MR) is 274 cm³/mol. The minimum absolute atomic E-state index is 0.105. The van der Waals surface area contributed by atoms with Crippen LogP contribution in [0.1, 0.15) is 277 Å². The molecule has 0 fully saturated rings. The number of hydrogen-bond acceptors (Lipinski definition) is 5. The van der Waals surface area contributed by atoms with E-state index in [4.69, 9.17) is 9.47 Å². The number of aliphatic hydroxyl groups is 1. The van der Waals surface area contributed by atoms with Crippen LogP contribution in [0.25, 0.3) is 0 Å². The average molecular weight is 881 g/mol. The second-order valence-corrected chi connectivity index (χ2v) is 18.3. The quantitative estimate of drug-likeness (QED) is 0.0374. The van der Waals surface area contributed by atoms with Crippen molar-refractivity contribution in [3.8, 4) is 0 Å². The van der Waals surface area contributed by atoms with Crippen molar-refractivity contribution < 1.29 is 24.2 Å². The highest BCUT2D eigenvalue weighted by Crippen LogP contribution is 2.17. The standard InChI is InChI=1S/C58H104O5/c1-3-5-7-9-11-13-15-17-19-20-21-22-23-24-25-26-27-28-29-30-31-32-33-34-35-36-37-39-40-42-44-46-48-50-52-57(60)62-55-56(54-59)63-58(61)53-51-49-47-45-43-41-38-18-16-14-12-10-8-6-4-2/h6,8,12,14,18,38,43,45,49,51,56,59H,3-5,7,9-11,13,15-17,19-37,39-42,44,46-48,50,52-55H2,1-2H3/b8-6-,14-12-,38-18-,45-43-,51-49-. The Morgan fingerprint density at radius 2 is 0.667 bits per heavy atom. The Balaban J connectivity index is 3.43. The van der Waals surface area contributed by atoms with Gasteiger partial charge in [-0.1, -0.05) is 286 Å². The van der Waals surface area contributed by atoms with Gasteiger partial charge in [-0.25, -0.2) is 0 Å². The van der Waals surface area contributed by atoms with E-state index in [0.717, 1.165) is 51.4 Å². The highest BCUT2D eigenvalue weighted by atomic mass is 16.6. The van der Waals surface area contributed by atoms with E-state index in [0.29, 0.717) is 6.42 Å². The van der Waals surface area contributed by atoms with Gasteiger partial charge in [-0.2, -0.15) is 0 Å². The summed E-state index contributed by atoms with van der Waals surface area (Å²) in [6, 6.07) is 0. The summed E-state index contributed by atoms with van der Waals surface area (Å²) >= 11 is 0. The summed E-state index contributed by atoms with van der Waals surface area (Å²) in [6.07, 6.45) is 72.4. The van der Waals surface area contributed by atoms with Crippen LogP contribution >= 0.6 is 0 Å². The molecule has 0 aromatic rings. The molecule has 0 aliphatic heterocycles. The van der Waals surface area contributed by atoms with E-state index in [9.17, 15) is 14.7 Å². The summed E-state index contributed by atoms with van der Waals surface area (Å²) in [6.45, 7) is 3.97. The third-order valence-electron chi connectivity index (χ3n) is 12.1. The number of carbonyl (C=O) groups excluding carboxylic acids is 2. The summed E-state index contributed by atoms with van der Waals surface area (Å²) < 4.78 is 10.6. The number of ether oxygens (including phenoxy) is 2. The Morgan fingerprint density at radius 1 is 0.381 bits per heavy atom. The lowest BCUT2D eigenvalue weighted by atomic mass is 10.0. The number of carbonyl (C=O) groups is 2. The zero-order valence-corrected chi connectivity index (χ0v) is 41.8. The molecule has 0 saturated carbocycles. The predicted octanol–water partition coefficient (Wildman–Crippen LogP) is 18.2. The van der Waals surface area contributed by atoms with Crippen molar-refractivity contribution >= 4 is 11.9 Å². The summed E-state index contributed by atoms with van der Waals surface area (Å²) in [4.78, 5) is 24.3. The van der Waals surface area contributed by atoms with Crippen LogP contribution in [0.4, 0.5) is 0 Å². The molecule has 5 nitrogen and oxygen atoms in total. The SMILES string of the molecule is CC/C=C\C/C=C\C/C=C\C/C=C\C/C=C\CC(=O)OC(CO)COC(=O)CCCCCCCCCCCCCCCCCCCCCCCCCCCCCCCCCCCC. The van der Waals surface area contributed by atoms with Gasteiger partial charge in [0.05, 0.1) is 13.0 Å². The fourth-order valence-corrected chi connectivity index (χ4v) is 8.05. The smallest absolute Gasteiger partial charge is 0.310 e. The Hall–Kier alpha value is -2.40. The lowest BCUT2D eigenvalue weighted by Gasteiger charge is -2.15. The Labute approximate surface area is 391 Å². The number of unbranched alkanes of at least 4 members (excludes halogenated alkanes) is 33. The van der Waals surface area contributed by atoms with Crippen molar-refractivity contribution in [2.45, 2.75) is 283 Å². The van der Waals surface area contributed by atoms with Gasteiger partial charge in [-0.15, -0.1) is 0 Å². The van der Waals surface area contributed by atoms with Gasteiger partial charge in [-0.05, 0) is 38.5 Å². The summed E-state index contributed by atoms with van der Waals surface area (Å²) in [5, 5.41) is 9.59. The molecule has 366 valence electrons. The normalized spacial score (nSPS) is 12.6. The van der Waals surface area contributed by atoms with Crippen LogP contribution in [0.5, 0.6) is 0 Å². The molecule has 0 rings (SSSR count). The van der Waals surface area contributed by atoms with Crippen molar-refractivity contribution in [3.63, 3.8) is 0 Å². The lowest BCUT2D eigenvalue weighted by Crippen LogP contribution is -2.28. The van der Waals surface area contributed by atoms with Gasteiger partial charge in [-0.3, -0.25) is 9.59 Å². The van der Waals surface area contributed by atoms with Crippen LogP contribution < -0.4 is 0 Å². The van der Waals surface area contributed by atoms with E-state index in [2.05, 4.69) is 62.5 Å². The maximum atomic E-state index is 12.2. The lowest BCUT2D eigenvalue weighted by molar-refractivity contribution is -0.160. The Kier molecular flexibility index (Phi) is 51.9. The first-order chi connectivity index (χ1) is 31.1. The molecule has 0 radical (unpaired) electrons.